The molecule has 3 rings (SSSR count). The lowest BCUT2D eigenvalue weighted by atomic mass is 10.1. The standard InChI is InChI=1S/C18H18N4O2/c1-2-7-24-17-6-4-12(9-20-17)14-8-15-13(3-5-16(19)23)10-21-18(15)22-11-14/h3-6,8-11H,2,7H2,1H3,(H2,19,23)(H,21,22)/b5-3+. The Morgan fingerprint density at radius 1 is 1.29 bits per heavy atom. The third kappa shape index (κ3) is 3.43. The van der Waals surface area contributed by atoms with E-state index >= 15 is 0 Å². The number of nitrogens with two attached hydrogens (primary N) is 1. The summed E-state index contributed by atoms with van der Waals surface area (Å²) < 4.78 is 5.49. The molecule has 3 aromatic rings. The van der Waals surface area contributed by atoms with Gasteiger partial charge in [0.05, 0.1) is 6.61 Å². The summed E-state index contributed by atoms with van der Waals surface area (Å²) in [4.78, 5) is 22.7. The Bertz CT molecular complexity index is 882. The van der Waals surface area contributed by atoms with Gasteiger partial charge in [-0.15, -0.1) is 0 Å². The van der Waals surface area contributed by atoms with Crippen LogP contribution in [0.25, 0.3) is 28.2 Å². The fraction of sp³-hybridized carbons (Fsp3) is 0.167. The maximum atomic E-state index is 10.9. The van der Waals surface area contributed by atoms with Crippen molar-refractivity contribution in [3.63, 3.8) is 0 Å². The number of hydrogen-bond acceptors (Lipinski definition) is 4. The van der Waals surface area contributed by atoms with Gasteiger partial charge in [-0.25, -0.2) is 9.97 Å². The average molecular weight is 322 g/mol. The number of rotatable bonds is 6. The number of carbonyl (C=O) groups is 1. The van der Waals surface area contributed by atoms with Crippen LogP contribution in [0.15, 0.2) is 42.9 Å². The lowest BCUT2D eigenvalue weighted by Crippen LogP contribution is -2.04. The maximum absolute atomic E-state index is 10.9. The highest BCUT2D eigenvalue weighted by Gasteiger charge is 2.06. The molecular formula is C18H18N4O2. The molecule has 24 heavy (non-hydrogen) atoms. The van der Waals surface area contributed by atoms with Crippen molar-refractivity contribution >= 4 is 23.0 Å². The van der Waals surface area contributed by atoms with Crippen molar-refractivity contribution in [1.29, 1.82) is 0 Å². The van der Waals surface area contributed by atoms with E-state index in [0.29, 0.717) is 12.5 Å². The van der Waals surface area contributed by atoms with E-state index in [9.17, 15) is 4.79 Å². The quantitative estimate of drug-likeness (QED) is 0.682. The maximum Gasteiger partial charge on any atom is 0.241 e. The minimum atomic E-state index is -0.486. The number of aromatic nitrogens is 3. The topological polar surface area (TPSA) is 93.9 Å². The normalized spacial score (nSPS) is 11.2. The van der Waals surface area contributed by atoms with E-state index in [1.807, 2.05) is 18.2 Å². The summed E-state index contributed by atoms with van der Waals surface area (Å²) in [5, 5.41) is 0.913. The van der Waals surface area contributed by atoms with Gasteiger partial charge in [-0.2, -0.15) is 0 Å². The van der Waals surface area contributed by atoms with Gasteiger partial charge in [0.2, 0.25) is 11.8 Å². The zero-order valence-corrected chi connectivity index (χ0v) is 13.3. The van der Waals surface area contributed by atoms with E-state index in [4.69, 9.17) is 10.5 Å². The predicted molar refractivity (Wildman–Crippen MR) is 93.3 cm³/mol. The number of fused-ring (bicyclic) bond motifs is 1. The van der Waals surface area contributed by atoms with Crippen LogP contribution in [0.1, 0.15) is 18.9 Å². The molecule has 3 aromatic heterocycles. The van der Waals surface area contributed by atoms with Crippen molar-refractivity contribution in [3.05, 3.63) is 48.4 Å². The van der Waals surface area contributed by atoms with Crippen LogP contribution in [0.3, 0.4) is 0 Å². The lowest BCUT2D eigenvalue weighted by Gasteiger charge is -2.05. The highest BCUT2D eigenvalue weighted by molar-refractivity contribution is 5.95. The third-order valence-corrected chi connectivity index (χ3v) is 3.51. The molecule has 1 amide bonds. The van der Waals surface area contributed by atoms with Crippen molar-refractivity contribution in [1.82, 2.24) is 15.0 Å². The molecule has 0 aromatic carbocycles. The van der Waals surface area contributed by atoms with Crippen LogP contribution in [-0.2, 0) is 4.79 Å². The van der Waals surface area contributed by atoms with Crippen LogP contribution in [0.5, 0.6) is 5.88 Å². The minimum absolute atomic E-state index is 0.486. The van der Waals surface area contributed by atoms with Gasteiger partial charge in [0.15, 0.2) is 0 Å². The molecule has 6 heteroatoms. The molecule has 0 saturated heterocycles. The van der Waals surface area contributed by atoms with Crippen LogP contribution in [-0.4, -0.2) is 27.5 Å². The van der Waals surface area contributed by atoms with Crippen molar-refractivity contribution in [2.24, 2.45) is 5.73 Å². The van der Waals surface area contributed by atoms with Crippen LogP contribution >= 0.6 is 0 Å². The summed E-state index contributed by atoms with van der Waals surface area (Å²) in [6.07, 6.45) is 9.28. The smallest absolute Gasteiger partial charge is 0.241 e. The minimum Gasteiger partial charge on any atom is -0.478 e. The second kappa shape index (κ2) is 6.95. The number of carbonyl (C=O) groups excluding carboxylic acids is 1. The molecule has 122 valence electrons. The molecule has 3 heterocycles. The fourth-order valence-corrected chi connectivity index (χ4v) is 2.33. The number of pyridine rings is 2. The van der Waals surface area contributed by atoms with Gasteiger partial charge in [-0.05, 0) is 24.6 Å². The second-order valence-electron chi connectivity index (χ2n) is 5.33. The molecule has 0 spiro atoms. The predicted octanol–water partition coefficient (Wildman–Crippen LogP) is 2.91. The summed E-state index contributed by atoms with van der Waals surface area (Å²) in [6.45, 7) is 2.70. The Labute approximate surface area is 139 Å². The molecule has 0 aliphatic carbocycles. The summed E-state index contributed by atoms with van der Waals surface area (Å²) in [7, 11) is 0. The van der Waals surface area contributed by atoms with Crippen molar-refractivity contribution in [2.45, 2.75) is 13.3 Å². The van der Waals surface area contributed by atoms with Crippen LogP contribution in [0.2, 0.25) is 0 Å². The van der Waals surface area contributed by atoms with Gasteiger partial charge < -0.3 is 15.5 Å². The van der Waals surface area contributed by atoms with Crippen LogP contribution < -0.4 is 10.5 Å². The molecule has 0 fully saturated rings. The van der Waals surface area contributed by atoms with E-state index < -0.39 is 5.91 Å². The molecule has 0 saturated carbocycles. The van der Waals surface area contributed by atoms with Crippen molar-refractivity contribution in [2.75, 3.05) is 6.61 Å². The van der Waals surface area contributed by atoms with Gasteiger partial charge in [0, 0.05) is 52.8 Å². The first-order valence-corrected chi connectivity index (χ1v) is 7.71. The number of aromatic amines is 1. The van der Waals surface area contributed by atoms with E-state index in [1.165, 1.54) is 6.08 Å². The number of nitrogens with zero attached hydrogens (tertiary/aromatic N) is 2. The first-order chi connectivity index (χ1) is 11.7. The molecule has 0 bridgehead atoms. The number of H-pyrrole nitrogens is 1. The molecular weight excluding hydrogens is 304 g/mol. The highest BCUT2D eigenvalue weighted by Crippen LogP contribution is 2.25. The number of primary amides is 1. The van der Waals surface area contributed by atoms with Gasteiger partial charge in [0.1, 0.15) is 5.65 Å². The summed E-state index contributed by atoms with van der Waals surface area (Å²) in [6, 6.07) is 5.80. The van der Waals surface area contributed by atoms with Crippen molar-refractivity contribution in [3.8, 4) is 17.0 Å². The Kier molecular flexibility index (Phi) is 4.56. The molecule has 0 aliphatic rings. The van der Waals surface area contributed by atoms with E-state index in [2.05, 4.69) is 21.9 Å². The second-order valence-corrected chi connectivity index (χ2v) is 5.33. The van der Waals surface area contributed by atoms with E-state index in [1.54, 1.807) is 24.7 Å². The third-order valence-electron chi connectivity index (χ3n) is 3.51. The number of amides is 1. The van der Waals surface area contributed by atoms with Gasteiger partial charge in [0.25, 0.3) is 0 Å². The zero-order valence-electron chi connectivity index (χ0n) is 13.3. The Balaban J connectivity index is 1.92. The Morgan fingerprint density at radius 3 is 2.83 bits per heavy atom. The summed E-state index contributed by atoms with van der Waals surface area (Å²) >= 11 is 0. The van der Waals surface area contributed by atoms with Gasteiger partial charge in [-0.1, -0.05) is 6.92 Å². The zero-order chi connectivity index (χ0) is 16.9. The number of nitrogens with one attached hydrogen (secondary N) is 1. The number of hydrogen-bond donors (Lipinski definition) is 2. The highest BCUT2D eigenvalue weighted by atomic mass is 16.5. The SMILES string of the molecule is CCCOc1ccc(-c2cnc3[nH]cc(/C=C/C(N)=O)c3c2)cn1. The van der Waals surface area contributed by atoms with Crippen LogP contribution in [0, 0.1) is 0 Å². The van der Waals surface area contributed by atoms with E-state index in [-0.39, 0.29) is 0 Å². The molecule has 0 atom stereocenters. The molecule has 3 N–H and O–H groups in total. The Morgan fingerprint density at radius 2 is 2.12 bits per heavy atom. The van der Waals surface area contributed by atoms with E-state index in [0.717, 1.165) is 34.1 Å². The molecule has 0 radical (unpaired) electrons. The summed E-state index contributed by atoms with van der Waals surface area (Å²) in [5.74, 6) is 0.127. The van der Waals surface area contributed by atoms with Crippen molar-refractivity contribution < 1.29 is 9.53 Å². The molecule has 0 unspecified atom stereocenters. The molecule has 0 aliphatic heterocycles. The molecule has 6 nitrogen and oxygen atoms in total. The largest absolute Gasteiger partial charge is 0.478 e. The first kappa shape index (κ1) is 15.7. The van der Waals surface area contributed by atoms with Crippen LogP contribution in [0.4, 0.5) is 0 Å². The average Bonchev–Trinajstić information content (AvgIpc) is 3.01. The van der Waals surface area contributed by atoms with Gasteiger partial charge in [-0.3, -0.25) is 4.79 Å². The lowest BCUT2D eigenvalue weighted by molar-refractivity contribution is -0.113. The number of ether oxygens (including phenoxy) is 1. The monoisotopic (exact) mass is 322 g/mol. The summed E-state index contributed by atoms with van der Waals surface area (Å²) in [5.41, 5.74) is 8.63. The first-order valence-electron chi connectivity index (χ1n) is 7.71. The van der Waals surface area contributed by atoms with Gasteiger partial charge >= 0.3 is 0 Å². The fourth-order valence-electron chi connectivity index (χ4n) is 2.33. The Hall–Kier alpha value is -3.15.